The maximum absolute atomic E-state index is 16.3. The van der Waals surface area contributed by atoms with Gasteiger partial charge in [-0.2, -0.15) is 9.97 Å². The largest absolute Gasteiger partial charge is 0.463 e. The van der Waals surface area contributed by atoms with Gasteiger partial charge in [0.2, 0.25) is 0 Å². The van der Waals surface area contributed by atoms with Crippen molar-refractivity contribution in [3.63, 3.8) is 0 Å². The number of carbonyl (C=O) groups is 1. The lowest BCUT2D eigenvalue weighted by Gasteiger charge is -2.35. The number of piperazine rings is 1. The molecule has 6 rings (SSSR count). The molecule has 12 heteroatoms. The summed E-state index contributed by atoms with van der Waals surface area (Å²) < 4.78 is 55.1. The molecule has 2 fully saturated rings. The third-order valence-corrected chi connectivity index (χ3v) is 7.46. The minimum atomic E-state index is -1.02. The van der Waals surface area contributed by atoms with E-state index in [1.54, 1.807) is 24.3 Å². The molecule has 40 heavy (non-hydrogen) atoms. The van der Waals surface area contributed by atoms with Crippen molar-refractivity contribution in [1.82, 2.24) is 19.9 Å². The van der Waals surface area contributed by atoms with E-state index in [0.29, 0.717) is 60.5 Å². The second-order valence-corrected chi connectivity index (χ2v) is 10.1. The predicted molar refractivity (Wildman–Crippen MR) is 144 cm³/mol. The molecule has 0 spiro atoms. The second kappa shape index (κ2) is 10.5. The van der Waals surface area contributed by atoms with Crippen LogP contribution in [0.3, 0.4) is 0 Å². The molecule has 0 radical (unpaired) electrons. The van der Waals surface area contributed by atoms with E-state index in [2.05, 4.69) is 21.5 Å². The number of amides is 1. The highest BCUT2D eigenvalue weighted by atomic mass is 35.5. The van der Waals surface area contributed by atoms with Crippen LogP contribution in [0.15, 0.2) is 48.9 Å². The van der Waals surface area contributed by atoms with E-state index in [1.165, 1.54) is 17.2 Å². The standard InChI is InChI=1S/C28H23ClF3N5O3/c1-15(30)27(38)37-9-7-36(8-10-37)26-19-11-33-24(18-4-2-3-17-5-6-20(31)22(29)21(17)18)23(32)25(19)34-28(35-26)40-14-16-12-39-13-16/h2-6,11,16H,1,7-10,12-14H2. The first kappa shape index (κ1) is 26.3. The van der Waals surface area contributed by atoms with Crippen molar-refractivity contribution in [3.05, 3.63) is 65.6 Å². The van der Waals surface area contributed by atoms with Crippen LogP contribution in [0.4, 0.5) is 19.0 Å². The van der Waals surface area contributed by atoms with Gasteiger partial charge in [-0.1, -0.05) is 42.4 Å². The Morgan fingerprint density at radius 1 is 1.12 bits per heavy atom. The highest BCUT2D eigenvalue weighted by Gasteiger charge is 2.28. The summed E-state index contributed by atoms with van der Waals surface area (Å²) in [6.07, 6.45) is 1.46. The molecule has 206 valence electrons. The maximum Gasteiger partial charge on any atom is 0.319 e. The number of hydrogen-bond acceptors (Lipinski definition) is 7. The Morgan fingerprint density at radius 2 is 1.90 bits per heavy atom. The molecule has 2 saturated heterocycles. The Bertz CT molecular complexity index is 1660. The van der Waals surface area contributed by atoms with Gasteiger partial charge < -0.3 is 19.3 Å². The summed E-state index contributed by atoms with van der Waals surface area (Å²) in [6, 6.07) is 7.88. The first-order chi connectivity index (χ1) is 19.3. The number of carbonyl (C=O) groups excluding carboxylic acids is 1. The second-order valence-electron chi connectivity index (χ2n) is 9.68. The number of benzene rings is 2. The Labute approximate surface area is 232 Å². The maximum atomic E-state index is 16.3. The van der Waals surface area contributed by atoms with Gasteiger partial charge in [-0.05, 0) is 11.5 Å². The molecule has 2 aromatic heterocycles. The van der Waals surface area contributed by atoms with Gasteiger partial charge in [0.25, 0.3) is 5.91 Å². The smallest absolute Gasteiger partial charge is 0.319 e. The molecule has 4 heterocycles. The molecule has 0 N–H and O–H groups in total. The van der Waals surface area contributed by atoms with Crippen LogP contribution < -0.4 is 9.64 Å². The topological polar surface area (TPSA) is 80.7 Å². The van der Waals surface area contributed by atoms with Crippen molar-refractivity contribution in [2.45, 2.75) is 0 Å². The summed E-state index contributed by atoms with van der Waals surface area (Å²) in [5, 5.41) is 1.16. The van der Waals surface area contributed by atoms with Gasteiger partial charge in [-0.15, -0.1) is 0 Å². The number of anilines is 1. The fourth-order valence-electron chi connectivity index (χ4n) is 4.89. The lowest BCUT2D eigenvalue weighted by Crippen LogP contribution is -2.49. The van der Waals surface area contributed by atoms with Crippen molar-refractivity contribution in [2.24, 2.45) is 5.92 Å². The van der Waals surface area contributed by atoms with Gasteiger partial charge in [-0.25, -0.2) is 13.2 Å². The molecule has 8 nitrogen and oxygen atoms in total. The fourth-order valence-corrected chi connectivity index (χ4v) is 5.16. The highest BCUT2D eigenvalue weighted by molar-refractivity contribution is 6.36. The summed E-state index contributed by atoms with van der Waals surface area (Å²) >= 11 is 6.30. The van der Waals surface area contributed by atoms with E-state index in [0.717, 1.165) is 0 Å². The van der Waals surface area contributed by atoms with E-state index >= 15 is 4.39 Å². The summed E-state index contributed by atoms with van der Waals surface area (Å²) in [7, 11) is 0. The van der Waals surface area contributed by atoms with Crippen molar-refractivity contribution in [3.8, 4) is 17.3 Å². The molecule has 2 aromatic carbocycles. The van der Waals surface area contributed by atoms with E-state index in [4.69, 9.17) is 21.1 Å². The molecule has 0 atom stereocenters. The molecule has 2 aliphatic heterocycles. The van der Waals surface area contributed by atoms with Gasteiger partial charge >= 0.3 is 6.01 Å². The fraction of sp³-hybridized carbons (Fsp3) is 0.286. The number of rotatable bonds is 6. The number of halogens is 4. The van der Waals surface area contributed by atoms with Gasteiger partial charge in [0.15, 0.2) is 11.6 Å². The Morgan fingerprint density at radius 3 is 2.60 bits per heavy atom. The molecule has 0 aliphatic carbocycles. The highest BCUT2D eigenvalue weighted by Crippen LogP contribution is 2.38. The molecule has 1 amide bonds. The SMILES string of the molecule is C=C(F)C(=O)N1CCN(c2nc(OCC3COC3)nc3c(F)c(-c4cccc5ccc(F)c(Cl)c45)ncc23)CC1. The zero-order valence-electron chi connectivity index (χ0n) is 21.2. The predicted octanol–water partition coefficient (Wildman–Crippen LogP) is 4.93. The molecule has 0 saturated carbocycles. The summed E-state index contributed by atoms with van der Waals surface area (Å²) in [5.41, 5.74) is 0.231. The normalized spacial score (nSPS) is 15.9. The third kappa shape index (κ3) is 4.69. The van der Waals surface area contributed by atoms with E-state index < -0.39 is 23.4 Å². The van der Waals surface area contributed by atoms with Crippen LogP contribution in [-0.2, 0) is 9.53 Å². The van der Waals surface area contributed by atoms with Crippen molar-refractivity contribution in [1.29, 1.82) is 0 Å². The first-order valence-corrected chi connectivity index (χ1v) is 13.0. The van der Waals surface area contributed by atoms with Crippen LogP contribution in [0.5, 0.6) is 6.01 Å². The van der Waals surface area contributed by atoms with Crippen LogP contribution in [-0.4, -0.2) is 71.8 Å². The van der Waals surface area contributed by atoms with E-state index in [9.17, 15) is 13.6 Å². The Balaban J connectivity index is 1.44. The lowest BCUT2D eigenvalue weighted by atomic mass is 10.0. The summed E-state index contributed by atoms with van der Waals surface area (Å²) in [6.45, 7) is 5.54. The molecule has 2 aliphatic rings. The number of pyridine rings is 1. The number of ether oxygens (including phenoxy) is 2. The van der Waals surface area contributed by atoms with Gasteiger partial charge in [0.05, 0.1) is 30.2 Å². The zero-order valence-corrected chi connectivity index (χ0v) is 21.9. The van der Waals surface area contributed by atoms with Gasteiger partial charge in [-0.3, -0.25) is 9.78 Å². The number of hydrogen-bond donors (Lipinski definition) is 0. The van der Waals surface area contributed by atoms with Crippen molar-refractivity contribution < 1.29 is 27.4 Å². The minimum Gasteiger partial charge on any atom is -0.463 e. The number of fused-ring (bicyclic) bond motifs is 2. The molecule has 0 bridgehead atoms. The molecule has 4 aromatic rings. The Hall–Kier alpha value is -3.96. The van der Waals surface area contributed by atoms with Crippen LogP contribution in [0.1, 0.15) is 0 Å². The zero-order chi connectivity index (χ0) is 28.0. The molecular weight excluding hydrogens is 547 g/mol. The summed E-state index contributed by atoms with van der Waals surface area (Å²) in [4.78, 5) is 28.6. The van der Waals surface area contributed by atoms with Crippen LogP contribution in [0, 0.1) is 17.6 Å². The lowest BCUT2D eigenvalue weighted by molar-refractivity contribution is -0.128. The van der Waals surface area contributed by atoms with Crippen LogP contribution >= 0.6 is 11.6 Å². The minimum absolute atomic E-state index is 0.0249. The van der Waals surface area contributed by atoms with E-state index in [-0.39, 0.29) is 41.3 Å². The summed E-state index contributed by atoms with van der Waals surface area (Å²) in [5.74, 6) is -2.61. The average Bonchev–Trinajstić information content (AvgIpc) is 2.94. The van der Waals surface area contributed by atoms with Gasteiger partial charge in [0, 0.05) is 49.2 Å². The number of aromatic nitrogens is 3. The van der Waals surface area contributed by atoms with Crippen molar-refractivity contribution in [2.75, 3.05) is 50.9 Å². The van der Waals surface area contributed by atoms with Gasteiger partial charge in [0.1, 0.15) is 22.8 Å². The molecular formula is C28H23ClF3N5O3. The van der Waals surface area contributed by atoms with E-state index in [1.807, 2.05) is 4.90 Å². The average molecular weight is 570 g/mol. The quantitative estimate of drug-likeness (QED) is 0.305. The first-order valence-electron chi connectivity index (χ1n) is 12.6. The number of nitrogens with zero attached hydrogens (tertiary/aromatic N) is 5. The molecule has 0 unspecified atom stereocenters. The monoisotopic (exact) mass is 569 g/mol. The van der Waals surface area contributed by atoms with Crippen LogP contribution in [0.25, 0.3) is 32.9 Å². The van der Waals surface area contributed by atoms with Crippen molar-refractivity contribution >= 4 is 45.0 Å². The third-order valence-electron chi connectivity index (χ3n) is 7.09. The Kier molecular flexibility index (Phi) is 6.93. The van der Waals surface area contributed by atoms with Crippen LogP contribution in [0.2, 0.25) is 5.02 Å².